The fourth-order valence-corrected chi connectivity index (χ4v) is 1.83. The Morgan fingerprint density at radius 1 is 1.32 bits per heavy atom. The van der Waals surface area contributed by atoms with Crippen LogP contribution < -0.4 is 4.74 Å². The van der Waals surface area contributed by atoms with Crippen LogP contribution in [0, 0.1) is 6.92 Å². The van der Waals surface area contributed by atoms with Crippen molar-refractivity contribution in [3.8, 4) is 5.75 Å². The van der Waals surface area contributed by atoms with Crippen LogP contribution in [0.25, 0.3) is 11.0 Å². The number of aryl methyl sites for hydroxylation is 1. The Morgan fingerprint density at radius 3 is 2.68 bits per heavy atom. The lowest BCUT2D eigenvalue weighted by Gasteiger charge is -1.98. The summed E-state index contributed by atoms with van der Waals surface area (Å²) in [6, 6.07) is 5.18. The van der Waals surface area contributed by atoms with E-state index in [2.05, 4.69) is 4.74 Å². The maximum absolute atomic E-state index is 11.9. The number of carbonyl (C=O) groups is 2. The quantitative estimate of drug-likeness (QED) is 0.481. The molecule has 0 aliphatic rings. The van der Waals surface area contributed by atoms with E-state index >= 15 is 0 Å². The minimum absolute atomic E-state index is 0.0155. The molecule has 0 atom stereocenters. The number of carbonyl (C=O) groups excluding carboxylic acids is 2. The highest BCUT2D eigenvalue weighted by Gasteiger charge is 2.25. The van der Waals surface area contributed by atoms with Crippen LogP contribution in [0.4, 0.5) is 0 Å². The number of furan rings is 1. The molecule has 100 valence electrons. The lowest BCUT2D eigenvalue weighted by molar-refractivity contribution is -0.137. The summed E-state index contributed by atoms with van der Waals surface area (Å²) >= 11 is 0. The van der Waals surface area contributed by atoms with Gasteiger partial charge in [-0.05, 0) is 32.0 Å². The summed E-state index contributed by atoms with van der Waals surface area (Å²) in [6.45, 7) is 3.51. The molecule has 0 amide bonds. The van der Waals surface area contributed by atoms with Crippen molar-refractivity contribution in [3.05, 3.63) is 29.5 Å². The lowest BCUT2D eigenvalue weighted by Crippen LogP contribution is -2.17. The second kappa shape index (κ2) is 5.14. The van der Waals surface area contributed by atoms with Crippen molar-refractivity contribution < 1.29 is 23.5 Å². The van der Waals surface area contributed by atoms with Crippen molar-refractivity contribution in [2.24, 2.45) is 0 Å². The van der Waals surface area contributed by atoms with E-state index < -0.39 is 11.8 Å². The van der Waals surface area contributed by atoms with Gasteiger partial charge in [0.15, 0.2) is 5.76 Å². The van der Waals surface area contributed by atoms with E-state index in [0.717, 1.165) is 5.39 Å². The SMILES string of the molecule is CCOC(=O)C(=O)c1oc2ccc(OC)cc2c1C. The standard InChI is InChI=1S/C14H14O5/c1-4-18-14(16)12(15)13-8(2)10-7-9(17-3)5-6-11(10)19-13/h5-7H,4H2,1-3H3. The van der Waals surface area contributed by atoms with Gasteiger partial charge in [0.05, 0.1) is 13.7 Å². The van der Waals surface area contributed by atoms with Gasteiger partial charge >= 0.3 is 11.8 Å². The summed E-state index contributed by atoms with van der Waals surface area (Å²) in [6.07, 6.45) is 0. The Labute approximate surface area is 110 Å². The number of esters is 1. The molecule has 2 rings (SSSR count). The molecule has 0 saturated heterocycles. The van der Waals surface area contributed by atoms with E-state index in [1.54, 1.807) is 39.2 Å². The van der Waals surface area contributed by atoms with Gasteiger partial charge in [0.25, 0.3) is 0 Å². The molecular formula is C14H14O5. The molecule has 5 heteroatoms. The third-order valence-corrected chi connectivity index (χ3v) is 2.81. The van der Waals surface area contributed by atoms with Gasteiger partial charge in [0.1, 0.15) is 11.3 Å². The number of hydrogen-bond donors (Lipinski definition) is 0. The van der Waals surface area contributed by atoms with E-state index in [1.165, 1.54) is 0 Å². The fourth-order valence-electron chi connectivity index (χ4n) is 1.83. The van der Waals surface area contributed by atoms with E-state index in [4.69, 9.17) is 9.15 Å². The molecule has 0 bridgehead atoms. The minimum atomic E-state index is -0.906. The molecule has 0 aliphatic carbocycles. The van der Waals surface area contributed by atoms with E-state index in [-0.39, 0.29) is 12.4 Å². The molecule has 0 saturated carbocycles. The molecule has 2 aromatic rings. The lowest BCUT2D eigenvalue weighted by atomic mass is 10.1. The number of rotatable bonds is 4. The minimum Gasteiger partial charge on any atom is -0.497 e. The fraction of sp³-hybridized carbons (Fsp3) is 0.286. The van der Waals surface area contributed by atoms with Gasteiger partial charge < -0.3 is 13.9 Å². The molecule has 0 unspecified atom stereocenters. The van der Waals surface area contributed by atoms with E-state index in [9.17, 15) is 9.59 Å². The monoisotopic (exact) mass is 262 g/mol. The summed E-state index contributed by atoms with van der Waals surface area (Å²) in [5.41, 5.74) is 1.14. The van der Waals surface area contributed by atoms with Crippen LogP contribution in [-0.4, -0.2) is 25.5 Å². The van der Waals surface area contributed by atoms with Gasteiger partial charge in [-0.1, -0.05) is 0 Å². The van der Waals surface area contributed by atoms with E-state index in [1.807, 2.05) is 0 Å². The summed E-state index contributed by atoms with van der Waals surface area (Å²) in [5.74, 6) is -1.00. The van der Waals surface area contributed by atoms with Gasteiger partial charge in [0, 0.05) is 10.9 Å². The Morgan fingerprint density at radius 2 is 2.05 bits per heavy atom. The van der Waals surface area contributed by atoms with Crippen molar-refractivity contribution in [1.82, 2.24) is 0 Å². The molecule has 1 aromatic carbocycles. The molecular weight excluding hydrogens is 248 g/mol. The van der Waals surface area contributed by atoms with Crippen LogP contribution in [0.15, 0.2) is 22.6 Å². The summed E-state index contributed by atoms with van der Waals surface area (Å²) in [7, 11) is 1.56. The van der Waals surface area contributed by atoms with Crippen LogP contribution >= 0.6 is 0 Å². The highest BCUT2D eigenvalue weighted by Crippen LogP contribution is 2.29. The molecule has 0 spiro atoms. The zero-order valence-electron chi connectivity index (χ0n) is 11.0. The predicted molar refractivity (Wildman–Crippen MR) is 68.5 cm³/mol. The predicted octanol–water partition coefficient (Wildman–Crippen LogP) is 2.50. The molecule has 0 aliphatic heterocycles. The van der Waals surface area contributed by atoms with Gasteiger partial charge in [-0.3, -0.25) is 4.79 Å². The average Bonchev–Trinajstić information content (AvgIpc) is 2.75. The highest BCUT2D eigenvalue weighted by molar-refractivity contribution is 6.40. The first-order valence-electron chi connectivity index (χ1n) is 5.87. The van der Waals surface area contributed by atoms with Gasteiger partial charge in [-0.15, -0.1) is 0 Å². The number of fused-ring (bicyclic) bond motifs is 1. The Hall–Kier alpha value is -2.30. The van der Waals surface area contributed by atoms with Crippen LogP contribution in [0.2, 0.25) is 0 Å². The molecule has 1 aromatic heterocycles. The van der Waals surface area contributed by atoms with Crippen LogP contribution in [0.5, 0.6) is 5.75 Å². The van der Waals surface area contributed by atoms with Crippen LogP contribution in [0.1, 0.15) is 23.0 Å². The maximum Gasteiger partial charge on any atom is 0.383 e. The van der Waals surface area contributed by atoms with E-state index in [0.29, 0.717) is 16.9 Å². The second-order valence-corrected chi connectivity index (χ2v) is 3.97. The van der Waals surface area contributed by atoms with Crippen molar-refractivity contribution in [3.63, 3.8) is 0 Å². The largest absolute Gasteiger partial charge is 0.497 e. The molecule has 19 heavy (non-hydrogen) atoms. The zero-order chi connectivity index (χ0) is 14.0. The number of benzene rings is 1. The summed E-state index contributed by atoms with van der Waals surface area (Å²) < 4.78 is 15.2. The topological polar surface area (TPSA) is 65.7 Å². The third-order valence-electron chi connectivity index (χ3n) is 2.81. The molecule has 1 heterocycles. The first-order valence-corrected chi connectivity index (χ1v) is 5.87. The first kappa shape index (κ1) is 13.1. The Kier molecular flexibility index (Phi) is 3.55. The Bertz CT molecular complexity index is 639. The van der Waals surface area contributed by atoms with Crippen molar-refractivity contribution in [2.75, 3.05) is 13.7 Å². The van der Waals surface area contributed by atoms with Crippen molar-refractivity contribution >= 4 is 22.7 Å². The zero-order valence-corrected chi connectivity index (χ0v) is 11.0. The number of ether oxygens (including phenoxy) is 2. The summed E-state index contributed by atoms with van der Waals surface area (Å²) in [5, 5.41) is 0.743. The average molecular weight is 262 g/mol. The van der Waals surface area contributed by atoms with Gasteiger partial charge in [-0.25, -0.2) is 4.79 Å². The first-order chi connectivity index (χ1) is 9.08. The third kappa shape index (κ3) is 2.31. The maximum atomic E-state index is 11.9. The van der Waals surface area contributed by atoms with Gasteiger partial charge in [0.2, 0.25) is 0 Å². The van der Waals surface area contributed by atoms with Crippen molar-refractivity contribution in [2.45, 2.75) is 13.8 Å². The highest BCUT2D eigenvalue weighted by atomic mass is 16.5. The van der Waals surface area contributed by atoms with Crippen molar-refractivity contribution in [1.29, 1.82) is 0 Å². The number of methoxy groups -OCH3 is 1. The number of ketones is 1. The Balaban J connectivity index is 2.48. The molecule has 5 nitrogen and oxygen atoms in total. The number of Topliss-reactive ketones (excluding diaryl/α,β-unsaturated/α-hetero) is 1. The van der Waals surface area contributed by atoms with Gasteiger partial charge in [-0.2, -0.15) is 0 Å². The number of hydrogen-bond acceptors (Lipinski definition) is 5. The molecule has 0 radical (unpaired) electrons. The molecule has 0 N–H and O–H groups in total. The van der Waals surface area contributed by atoms with Crippen LogP contribution in [-0.2, 0) is 9.53 Å². The molecule has 0 fully saturated rings. The smallest absolute Gasteiger partial charge is 0.383 e. The second-order valence-electron chi connectivity index (χ2n) is 3.97. The summed E-state index contributed by atoms with van der Waals surface area (Å²) in [4.78, 5) is 23.3. The van der Waals surface area contributed by atoms with Crippen LogP contribution in [0.3, 0.4) is 0 Å². The normalized spacial score (nSPS) is 10.5.